The van der Waals surface area contributed by atoms with Gasteiger partial charge in [0, 0.05) is 0 Å². The summed E-state index contributed by atoms with van der Waals surface area (Å²) in [7, 11) is 0. The highest BCUT2D eigenvalue weighted by atomic mass is 16.3. The Morgan fingerprint density at radius 1 is 0.343 bits per heavy atom. The van der Waals surface area contributed by atoms with Crippen molar-refractivity contribution in [3.05, 3.63) is 0 Å². The molecular formula is C32H67NO2. The topological polar surface area (TPSA) is 52.5 Å². The SMILES string of the molecule is CCCCCCCCCCCCCCCCCC(O)NC(O)CCCCCCCCCCCCC. The van der Waals surface area contributed by atoms with Crippen LogP contribution < -0.4 is 5.32 Å². The molecule has 0 rings (SSSR count). The molecule has 35 heavy (non-hydrogen) atoms. The van der Waals surface area contributed by atoms with Gasteiger partial charge in [0.05, 0.1) is 0 Å². The molecule has 0 radical (unpaired) electrons. The maximum Gasteiger partial charge on any atom is 0.106 e. The Balaban J connectivity index is 3.27. The Bertz CT molecular complexity index is 377. The van der Waals surface area contributed by atoms with E-state index in [-0.39, 0.29) is 0 Å². The summed E-state index contributed by atoms with van der Waals surface area (Å²) in [5.41, 5.74) is 0. The standard InChI is InChI=1S/C32H67NO2/c1-3-5-7-9-11-13-15-16-17-18-20-22-24-26-28-30-32(35)33-31(34)29-27-25-23-21-19-14-12-10-8-6-4-2/h31-35H,3-30H2,1-2H3. The third-order valence-electron chi connectivity index (χ3n) is 7.55. The molecule has 0 aromatic rings. The minimum atomic E-state index is -0.556. The molecule has 0 saturated carbocycles. The number of unbranched alkanes of at least 4 members (excludes halogenated alkanes) is 24. The van der Waals surface area contributed by atoms with E-state index in [9.17, 15) is 10.2 Å². The molecule has 0 amide bonds. The zero-order valence-electron chi connectivity index (χ0n) is 24.3. The smallest absolute Gasteiger partial charge is 0.106 e. The van der Waals surface area contributed by atoms with Gasteiger partial charge in [-0.2, -0.15) is 0 Å². The molecule has 3 heteroatoms. The van der Waals surface area contributed by atoms with E-state index in [0.29, 0.717) is 0 Å². The maximum atomic E-state index is 10.1. The number of aliphatic hydroxyl groups is 2. The Labute approximate surface area is 221 Å². The zero-order valence-corrected chi connectivity index (χ0v) is 24.3. The van der Waals surface area contributed by atoms with E-state index < -0.39 is 12.5 Å². The van der Waals surface area contributed by atoms with Gasteiger partial charge in [-0.1, -0.05) is 168 Å². The molecule has 0 aromatic carbocycles. The molecule has 0 aliphatic carbocycles. The largest absolute Gasteiger partial charge is 0.379 e. The third-order valence-corrected chi connectivity index (χ3v) is 7.55. The van der Waals surface area contributed by atoms with Crippen LogP contribution >= 0.6 is 0 Å². The molecule has 0 spiro atoms. The molecule has 0 aliphatic heterocycles. The highest BCUT2D eigenvalue weighted by Gasteiger charge is 2.09. The normalized spacial score (nSPS) is 13.4. The summed E-state index contributed by atoms with van der Waals surface area (Å²) in [6.45, 7) is 4.56. The van der Waals surface area contributed by atoms with Crippen molar-refractivity contribution in [2.45, 2.75) is 206 Å². The van der Waals surface area contributed by atoms with Gasteiger partial charge in [-0.05, 0) is 25.7 Å². The molecule has 2 atom stereocenters. The van der Waals surface area contributed by atoms with Gasteiger partial charge in [0.15, 0.2) is 0 Å². The highest BCUT2D eigenvalue weighted by Crippen LogP contribution is 2.15. The van der Waals surface area contributed by atoms with Crippen LogP contribution in [0, 0.1) is 0 Å². The zero-order chi connectivity index (χ0) is 25.7. The van der Waals surface area contributed by atoms with Crippen molar-refractivity contribution in [2.75, 3.05) is 0 Å². The Morgan fingerprint density at radius 3 is 0.771 bits per heavy atom. The molecule has 2 unspecified atom stereocenters. The second kappa shape index (κ2) is 30.1. The summed E-state index contributed by atoms with van der Waals surface area (Å²) < 4.78 is 0. The fraction of sp³-hybridized carbons (Fsp3) is 1.00. The summed E-state index contributed by atoms with van der Waals surface area (Å²) >= 11 is 0. The van der Waals surface area contributed by atoms with Gasteiger partial charge in [0.1, 0.15) is 12.5 Å². The Morgan fingerprint density at radius 2 is 0.543 bits per heavy atom. The fourth-order valence-electron chi connectivity index (χ4n) is 5.10. The van der Waals surface area contributed by atoms with Crippen LogP contribution in [0.1, 0.15) is 194 Å². The number of hydrogen-bond donors (Lipinski definition) is 3. The maximum absolute atomic E-state index is 10.1. The lowest BCUT2D eigenvalue weighted by atomic mass is 10.0. The van der Waals surface area contributed by atoms with Crippen LogP contribution in [0.3, 0.4) is 0 Å². The Hall–Kier alpha value is -0.120. The van der Waals surface area contributed by atoms with E-state index in [4.69, 9.17) is 0 Å². The Kier molecular flexibility index (Phi) is 30.0. The first-order valence-electron chi connectivity index (χ1n) is 16.3. The van der Waals surface area contributed by atoms with Crippen molar-refractivity contribution < 1.29 is 10.2 Å². The molecular weight excluding hydrogens is 430 g/mol. The van der Waals surface area contributed by atoms with Crippen LogP contribution in [0.25, 0.3) is 0 Å². The van der Waals surface area contributed by atoms with Crippen LogP contribution in [-0.2, 0) is 0 Å². The molecule has 0 aliphatic rings. The summed E-state index contributed by atoms with van der Waals surface area (Å²) in [5.74, 6) is 0. The van der Waals surface area contributed by atoms with Crippen LogP contribution in [0.2, 0.25) is 0 Å². The third kappa shape index (κ3) is 30.0. The molecule has 3 nitrogen and oxygen atoms in total. The quantitative estimate of drug-likeness (QED) is 0.0683. The van der Waals surface area contributed by atoms with E-state index in [1.807, 2.05) is 0 Å². The number of hydrogen-bond acceptors (Lipinski definition) is 3. The summed E-state index contributed by atoms with van der Waals surface area (Å²) in [6.07, 6.45) is 35.4. The molecule has 0 aromatic heterocycles. The van der Waals surface area contributed by atoms with Gasteiger partial charge in [-0.25, -0.2) is 0 Å². The van der Waals surface area contributed by atoms with Crippen molar-refractivity contribution in [3.63, 3.8) is 0 Å². The second-order valence-corrected chi connectivity index (χ2v) is 11.3. The predicted octanol–water partition coefficient (Wildman–Crippen LogP) is 10.2. The van der Waals surface area contributed by atoms with E-state index in [2.05, 4.69) is 19.2 Å². The van der Waals surface area contributed by atoms with Gasteiger partial charge in [-0.15, -0.1) is 0 Å². The van der Waals surface area contributed by atoms with Crippen molar-refractivity contribution in [1.82, 2.24) is 5.32 Å². The van der Waals surface area contributed by atoms with Gasteiger partial charge in [-0.3, -0.25) is 5.32 Å². The van der Waals surface area contributed by atoms with E-state index in [0.717, 1.165) is 25.7 Å². The van der Waals surface area contributed by atoms with Crippen molar-refractivity contribution >= 4 is 0 Å². The first kappa shape index (κ1) is 34.9. The lowest BCUT2D eigenvalue weighted by Gasteiger charge is -2.18. The lowest BCUT2D eigenvalue weighted by molar-refractivity contribution is 0.0310. The van der Waals surface area contributed by atoms with Crippen LogP contribution in [0.4, 0.5) is 0 Å². The molecule has 0 saturated heterocycles. The lowest BCUT2D eigenvalue weighted by Crippen LogP contribution is -2.38. The number of nitrogens with one attached hydrogen (secondary N) is 1. The van der Waals surface area contributed by atoms with E-state index in [1.54, 1.807) is 0 Å². The molecule has 0 heterocycles. The fourth-order valence-corrected chi connectivity index (χ4v) is 5.10. The minimum Gasteiger partial charge on any atom is -0.379 e. The van der Waals surface area contributed by atoms with Crippen LogP contribution in [0.5, 0.6) is 0 Å². The van der Waals surface area contributed by atoms with Crippen molar-refractivity contribution in [2.24, 2.45) is 0 Å². The second-order valence-electron chi connectivity index (χ2n) is 11.3. The first-order chi connectivity index (χ1) is 17.2. The van der Waals surface area contributed by atoms with Gasteiger partial charge >= 0.3 is 0 Å². The molecule has 3 N–H and O–H groups in total. The minimum absolute atomic E-state index is 0.556. The van der Waals surface area contributed by atoms with Crippen molar-refractivity contribution in [1.29, 1.82) is 0 Å². The average Bonchev–Trinajstić information content (AvgIpc) is 2.85. The number of aliphatic hydroxyl groups excluding tert-OH is 2. The summed E-state index contributed by atoms with van der Waals surface area (Å²) in [5, 5.41) is 23.2. The summed E-state index contributed by atoms with van der Waals surface area (Å²) in [4.78, 5) is 0. The molecule has 212 valence electrons. The van der Waals surface area contributed by atoms with E-state index >= 15 is 0 Å². The van der Waals surface area contributed by atoms with Gasteiger partial charge in [0.2, 0.25) is 0 Å². The molecule has 0 fully saturated rings. The van der Waals surface area contributed by atoms with Crippen LogP contribution in [0.15, 0.2) is 0 Å². The average molecular weight is 498 g/mol. The number of rotatable bonds is 30. The predicted molar refractivity (Wildman–Crippen MR) is 156 cm³/mol. The summed E-state index contributed by atoms with van der Waals surface area (Å²) in [6, 6.07) is 0. The van der Waals surface area contributed by atoms with E-state index in [1.165, 1.54) is 154 Å². The van der Waals surface area contributed by atoms with Gasteiger partial charge < -0.3 is 10.2 Å². The van der Waals surface area contributed by atoms with Crippen molar-refractivity contribution in [3.8, 4) is 0 Å². The molecule has 0 bridgehead atoms. The monoisotopic (exact) mass is 498 g/mol. The highest BCUT2D eigenvalue weighted by molar-refractivity contribution is 4.60. The van der Waals surface area contributed by atoms with Crippen LogP contribution in [-0.4, -0.2) is 22.7 Å². The van der Waals surface area contributed by atoms with Gasteiger partial charge in [0.25, 0.3) is 0 Å². The first-order valence-corrected chi connectivity index (χ1v) is 16.3.